The first-order chi connectivity index (χ1) is 13.9. The third kappa shape index (κ3) is 5.40. The van der Waals surface area contributed by atoms with E-state index in [2.05, 4.69) is 14.7 Å². The van der Waals surface area contributed by atoms with Crippen LogP contribution < -0.4 is 43.4 Å². The van der Waals surface area contributed by atoms with Crippen molar-refractivity contribution >= 4 is 30.3 Å². The molecule has 0 aromatic carbocycles. The lowest BCUT2D eigenvalue weighted by atomic mass is 10.0. The van der Waals surface area contributed by atoms with Crippen molar-refractivity contribution in [3.8, 4) is 0 Å². The molecule has 4 heterocycles. The summed E-state index contributed by atoms with van der Waals surface area (Å²) in [7, 11) is 0. The Morgan fingerprint density at radius 3 is 1.33 bits per heavy atom. The average molecular weight is 442 g/mol. The first-order valence-corrected chi connectivity index (χ1v) is 10.7. The molecular weight excluding hydrogens is 406 g/mol. The van der Waals surface area contributed by atoms with Gasteiger partial charge in [0.1, 0.15) is 0 Å². The number of aromatic nitrogens is 3. The zero-order valence-corrected chi connectivity index (χ0v) is 18.3. The van der Waals surface area contributed by atoms with Crippen LogP contribution in [0.4, 0.5) is 17.8 Å². The molecule has 10 N–H and O–H groups in total. The fraction of sp³-hybridized carbons (Fsp3) is 0.833. The summed E-state index contributed by atoms with van der Waals surface area (Å²) in [6, 6.07) is 0.136. The van der Waals surface area contributed by atoms with Gasteiger partial charge in [0.2, 0.25) is 17.8 Å². The number of rotatable bonds is 3. The minimum Gasteiger partial charge on any atom is -0.339 e. The average Bonchev–Trinajstić information content (AvgIpc) is 2.66. The molecule has 0 bridgehead atoms. The van der Waals surface area contributed by atoms with Crippen LogP contribution in [-0.4, -0.2) is 84.4 Å². The predicted molar refractivity (Wildman–Crippen MR) is 122 cm³/mol. The van der Waals surface area contributed by atoms with Crippen LogP contribution in [0.2, 0.25) is 0 Å². The number of nitrogens with zero attached hydrogens (tertiary/aromatic N) is 6. The highest BCUT2D eigenvalue weighted by atomic mass is 35.5. The van der Waals surface area contributed by atoms with Crippen LogP contribution in [-0.2, 0) is 0 Å². The molecule has 1 aromatic rings. The van der Waals surface area contributed by atoms with Crippen molar-refractivity contribution < 1.29 is 0 Å². The first-order valence-electron chi connectivity index (χ1n) is 10.7. The fourth-order valence-electron chi connectivity index (χ4n) is 4.64. The molecular formula is C18H36ClN11. The van der Waals surface area contributed by atoms with E-state index in [4.69, 9.17) is 43.6 Å². The summed E-state index contributed by atoms with van der Waals surface area (Å²) in [5, 5.41) is 0. The highest BCUT2D eigenvalue weighted by molar-refractivity contribution is 5.85. The summed E-state index contributed by atoms with van der Waals surface area (Å²) in [6.45, 7) is 4.32. The van der Waals surface area contributed by atoms with Crippen molar-refractivity contribution in [3.63, 3.8) is 0 Å². The van der Waals surface area contributed by atoms with E-state index in [1.54, 1.807) is 0 Å². The van der Waals surface area contributed by atoms with E-state index in [-0.39, 0.29) is 42.6 Å². The minimum absolute atomic E-state index is 0. The van der Waals surface area contributed by atoms with Gasteiger partial charge in [-0.3, -0.25) is 0 Å². The molecule has 3 aliphatic heterocycles. The first kappa shape index (κ1) is 23.2. The summed E-state index contributed by atoms with van der Waals surface area (Å²) in [6.07, 6.45) is 3.65. The largest absolute Gasteiger partial charge is 0.339 e. The van der Waals surface area contributed by atoms with Gasteiger partial charge < -0.3 is 43.4 Å². The van der Waals surface area contributed by atoms with Gasteiger partial charge >= 0.3 is 0 Å². The van der Waals surface area contributed by atoms with Crippen molar-refractivity contribution in [2.75, 3.05) is 54.0 Å². The summed E-state index contributed by atoms with van der Waals surface area (Å²) >= 11 is 0. The molecule has 3 fully saturated rings. The lowest BCUT2D eigenvalue weighted by molar-refractivity contribution is 0.440. The highest BCUT2D eigenvalue weighted by Gasteiger charge is 2.30. The van der Waals surface area contributed by atoms with Gasteiger partial charge in [-0.1, -0.05) is 0 Å². The van der Waals surface area contributed by atoms with Crippen LogP contribution in [0, 0.1) is 0 Å². The molecule has 0 aliphatic carbocycles. The quantitative estimate of drug-likeness (QED) is 0.348. The molecule has 1 unspecified atom stereocenters. The summed E-state index contributed by atoms with van der Waals surface area (Å²) in [5.41, 5.74) is 31.0. The zero-order chi connectivity index (χ0) is 20.5. The van der Waals surface area contributed by atoms with Crippen LogP contribution >= 0.6 is 12.4 Å². The van der Waals surface area contributed by atoms with Crippen LogP contribution in [0.5, 0.6) is 0 Å². The van der Waals surface area contributed by atoms with E-state index >= 15 is 0 Å². The third-order valence-electron chi connectivity index (χ3n) is 5.94. The van der Waals surface area contributed by atoms with Crippen molar-refractivity contribution in [3.05, 3.63) is 0 Å². The van der Waals surface area contributed by atoms with E-state index < -0.39 is 0 Å². The molecule has 1 aromatic heterocycles. The molecule has 0 radical (unpaired) electrons. The SMILES string of the molecule is Cl.NC1CCCN(c2nc(N3C[C@H](N)C[C@H](N)C3)nc(N3C[C@H](N)C[C@H](N)C3)n2)C1. The molecule has 3 saturated heterocycles. The Morgan fingerprint density at radius 2 is 0.933 bits per heavy atom. The topological polar surface area (TPSA) is 178 Å². The molecule has 30 heavy (non-hydrogen) atoms. The van der Waals surface area contributed by atoms with Crippen molar-refractivity contribution in [2.24, 2.45) is 28.7 Å². The Bertz CT molecular complexity index is 642. The van der Waals surface area contributed by atoms with Gasteiger partial charge in [0.15, 0.2) is 0 Å². The van der Waals surface area contributed by atoms with Gasteiger partial charge in [-0.15, -0.1) is 12.4 Å². The van der Waals surface area contributed by atoms with Crippen molar-refractivity contribution in [2.45, 2.75) is 55.9 Å². The lowest BCUT2D eigenvalue weighted by Gasteiger charge is -2.38. The Balaban J connectivity index is 0.00000256. The smallest absolute Gasteiger partial charge is 0.232 e. The number of hydrogen-bond donors (Lipinski definition) is 5. The second kappa shape index (κ2) is 9.75. The summed E-state index contributed by atoms with van der Waals surface area (Å²) in [4.78, 5) is 20.7. The van der Waals surface area contributed by atoms with Crippen LogP contribution in [0.1, 0.15) is 25.7 Å². The lowest BCUT2D eigenvalue weighted by Crippen LogP contribution is -2.54. The molecule has 5 atom stereocenters. The maximum absolute atomic E-state index is 6.21. The van der Waals surface area contributed by atoms with Gasteiger partial charge in [0.05, 0.1) is 0 Å². The molecule has 0 amide bonds. The Morgan fingerprint density at radius 1 is 0.567 bits per heavy atom. The van der Waals surface area contributed by atoms with Gasteiger partial charge in [0, 0.05) is 69.5 Å². The van der Waals surface area contributed by atoms with Crippen LogP contribution in [0.3, 0.4) is 0 Å². The monoisotopic (exact) mass is 441 g/mol. The molecule has 170 valence electrons. The molecule has 11 nitrogen and oxygen atoms in total. The minimum atomic E-state index is 0. The highest BCUT2D eigenvalue weighted by Crippen LogP contribution is 2.25. The van der Waals surface area contributed by atoms with Crippen LogP contribution in [0.25, 0.3) is 0 Å². The number of halogens is 1. The van der Waals surface area contributed by atoms with E-state index in [0.717, 1.165) is 38.8 Å². The van der Waals surface area contributed by atoms with Gasteiger partial charge in [-0.25, -0.2) is 0 Å². The summed E-state index contributed by atoms with van der Waals surface area (Å²) < 4.78 is 0. The fourth-order valence-corrected chi connectivity index (χ4v) is 4.64. The van der Waals surface area contributed by atoms with E-state index in [1.165, 1.54) is 0 Å². The van der Waals surface area contributed by atoms with E-state index in [0.29, 0.717) is 44.0 Å². The van der Waals surface area contributed by atoms with Gasteiger partial charge in [-0.2, -0.15) is 15.0 Å². The Hall–Kier alpha value is -1.50. The second-order valence-electron chi connectivity index (χ2n) is 8.91. The van der Waals surface area contributed by atoms with Crippen LogP contribution in [0.15, 0.2) is 0 Å². The number of piperidine rings is 3. The Kier molecular flexibility index (Phi) is 7.53. The van der Waals surface area contributed by atoms with E-state index in [1.807, 2.05) is 0 Å². The number of anilines is 3. The summed E-state index contributed by atoms with van der Waals surface area (Å²) in [5.74, 6) is 1.88. The van der Waals surface area contributed by atoms with Crippen molar-refractivity contribution in [1.82, 2.24) is 15.0 Å². The number of hydrogen-bond acceptors (Lipinski definition) is 11. The molecule has 0 saturated carbocycles. The second-order valence-corrected chi connectivity index (χ2v) is 8.91. The van der Waals surface area contributed by atoms with E-state index in [9.17, 15) is 0 Å². The molecule has 4 rings (SSSR count). The van der Waals surface area contributed by atoms with Gasteiger partial charge in [0.25, 0.3) is 0 Å². The maximum atomic E-state index is 6.21. The Labute approximate surface area is 184 Å². The van der Waals surface area contributed by atoms with Gasteiger partial charge in [-0.05, 0) is 25.7 Å². The molecule has 3 aliphatic rings. The molecule has 0 spiro atoms. The maximum Gasteiger partial charge on any atom is 0.232 e. The molecule has 12 heteroatoms. The number of nitrogens with two attached hydrogens (primary N) is 5. The standard InChI is InChI=1S/C18H35N11.ClH/c19-11-2-1-3-27(6-11)16-24-17(28-7-12(20)4-13(21)8-28)26-18(25-16)29-9-14(22)5-15(23)10-29;/h11-15H,1-10,19-23H2;1H/t11?,12-,13+,14-,15+;. The van der Waals surface area contributed by atoms with Crippen molar-refractivity contribution in [1.29, 1.82) is 0 Å². The third-order valence-corrected chi connectivity index (χ3v) is 5.94. The predicted octanol–water partition coefficient (Wildman–Crippen LogP) is -2.05. The zero-order valence-electron chi connectivity index (χ0n) is 17.4. The normalized spacial score (nSPS) is 32.7.